The van der Waals surface area contributed by atoms with Crippen LogP contribution in [-0.2, 0) is 17.8 Å². The van der Waals surface area contributed by atoms with Gasteiger partial charge in [0.25, 0.3) is 0 Å². The molecule has 1 atom stereocenters. The molecule has 4 rings (SSSR count). The first-order chi connectivity index (χ1) is 15.3. The van der Waals surface area contributed by atoms with Crippen molar-refractivity contribution in [1.82, 2.24) is 29.8 Å². The molecule has 1 N–H and O–H groups in total. The molecule has 7 heteroatoms. The number of rotatable bonds is 7. The number of aromatic nitrogens is 4. The van der Waals surface area contributed by atoms with Crippen LogP contribution in [0.1, 0.15) is 73.2 Å². The number of likely N-dealkylation sites (tertiary alicyclic amines) is 1. The average molecular weight is 435 g/mol. The van der Waals surface area contributed by atoms with Crippen molar-refractivity contribution in [2.75, 3.05) is 6.54 Å². The van der Waals surface area contributed by atoms with Gasteiger partial charge in [-0.05, 0) is 78.1 Å². The van der Waals surface area contributed by atoms with Crippen LogP contribution in [0.4, 0.5) is 0 Å². The van der Waals surface area contributed by atoms with Gasteiger partial charge in [-0.25, -0.2) is 9.50 Å². The largest absolute Gasteiger partial charge is 0.354 e. The number of amides is 1. The Balaban J connectivity index is 1.56. The van der Waals surface area contributed by atoms with Crippen LogP contribution in [0.15, 0.2) is 24.3 Å². The van der Waals surface area contributed by atoms with Crippen molar-refractivity contribution < 1.29 is 4.79 Å². The molecule has 1 amide bonds. The summed E-state index contributed by atoms with van der Waals surface area (Å²) in [5.74, 6) is 0.0754. The predicted octanol–water partition coefficient (Wildman–Crippen LogP) is 3.84. The van der Waals surface area contributed by atoms with E-state index in [4.69, 9.17) is 10.1 Å². The van der Waals surface area contributed by atoms with Gasteiger partial charge in [0, 0.05) is 42.2 Å². The molecule has 0 aromatic carbocycles. The second-order valence-electron chi connectivity index (χ2n) is 9.22. The van der Waals surface area contributed by atoms with Gasteiger partial charge in [-0.3, -0.25) is 14.7 Å². The highest BCUT2D eigenvalue weighted by Gasteiger charge is 2.29. The number of nitrogens with zero attached hydrogens (tertiary/aromatic N) is 5. The highest BCUT2D eigenvalue weighted by atomic mass is 16.1. The van der Waals surface area contributed by atoms with E-state index >= 15 is 0 Å². The van der Waals surface area contributed by atoms with E-state index in [0.717, 1.165) is 65.6 Å². The van der Waals surface area contributed by atoms with Gasteiger partial charge in [0.15, 0.2) is 5.65 Å². The second kappa shape index (κ2) is 9.36. The summed E-state index contributed by atoms with van der Waals surface area (Å²) in [6, 6.07) is 8.77. The van der Waals surface area contributed by atoms with Crippen LogP contribution in [0.5, 0.6) is 0 Å². The molecule has 0 spiro atoms. The Morgan fingerprint density at radius 3 is 2.78 bits per heavy atom. The molecular formula is C25H34N6O. The summed E-state index contributed by atoms with van der Waals surface area (Å²) in [6.45, 7) is 12.0. The molecule has 1 aliphatic heterocycles. The normalized spacial score (nSPS) is 16.9. The van der Waals surface area contributed by atoms with Crippen molar-refractivity contribution in [3.05, 3.63) is 58.3 Å². The quantitative estimate of drug-likeness (QED) is 0.611. The fourth-order valence-corrected chi connectivity index (χ4v) is 4.75. The molecule has 0 aliphatic carbocycles. The lowest BCUT2D eigenvalue weighted by Gasteiger charge is -2.22. The van der Waals surface area contributed by atoms with Gasteiger partial charge in [0.05, 0.1) is 17.4 Å². The Labute approximate surface area is 190 Å². The van der Waals surface area contributed by atoms with Crippen molar-refractivity contribution in [3.63, 3.8) is 0 Å². The van der Waals surface area contributed by atoms with Crippen molar-refractivity contribution in [2.45, 2.75) is 78.9 Å². The Hall–Kier alpha value is -2.80. The number of carbonyl (C=O) groups excluding carboxylic acids is 1. The zero-order chi connectivity index (χ0) is 22.8. The van der Waals surface area contributed by atoms with E-state index in [1.54, 1.807) is 0 Å². The number of hydrogen-bond acceptors (Lipinski definition) is 5. The minimum atomic E-state index is 0.0754. The summed E-state index contributed by atoms with van der Waals surface area (Å²) in [6.07, 6.45) is 3.38. The second-order valence-corrected chi connectivity index (χ2v) is 9.22. The third-order valence-corrected chi connectivity index (χ3v) is 6.25. The standard InChI is InChI=1S/C25H34N6O/c1-16(2)26-25(32)12-11-21-18(4)28-24-14-22(29-31(24)19(21)5)23-10-7-13-30(23)15-20-9-6-8-17(3)27-20/h6,8-9,14,16,23H,7,10-13,15H2,1-5H3,(H,26,32). The number of nitrogens with one attached hydrogen (secondary N) is 1. The van der Waals surface area contributed by atoms with Crippen molar-refractivity contribution in [1.29, 1.82) is 0 Å². The third kappa shape index (κ3) is 4.83. The van der Waals surface area contributed by atoms with E-state index in [1.807, 2.05) is 38.3 Å². The maximum atomic E-state index is 12.1. The number of carbonyl (C=O) groups is 1. The summed E-state index contributed by atoms with van der Waals surface area (Å²) < 4.78 is 1.96. The van der Waals surface area contributed by atoms with E-state index < -0.39 is 0 Å². The van der Waals surface area contributed by atoms with Gasteiger partial charge in [0.2, 0.25) is 5.91 Å². The van der Waals surface area contributed by atoms with E-state index in [2.05, 4.69) is 40.3 Å². The summed E-state index contributed by atoms with van der Waals surface area (Å²) in [7, 11) is 0. The summed E-state index contributed by atoms with van der Waals surface area (Å²) in [5.41, 5.74) is 7.26. The van der Waals surface area contributed by atoms with Gasteiger partial charge in [-0.1, -0.05) is 6.07 Å². The lowest BCUT2D eigenvalue weighted by molar-refractivity contribution is -0.121. The summed E-state index contributed by atoms with van der Waals surface area (Å²) in [4.78, 5) is 24.1. The number of hydrogen-bond donors (Lipinski definition) is 1. The van der Waals surface area contributed by atoms with E-state index in [9.17, 15) is 4.79 Å². The van der Waals surface area contributed by atoms with Crippen LogP contribution in [0.2, 0.25) is 0 Å². The van der Waals surface area contributed by atoms with Gasteiger partial charge in [-0.15, -0.1) is 0 Å². The molecule has 1 saturated heterocycles. The van der Waals surface area contributed by atoms with Crippen LogP contribution in [0.25, 0.3) is 5.65 Å². The number of aryl methyl sites for hydroxylation is 3. The topological polar surface area (TPSA) is 75.4 Å². The van der Waals surface area contributed by atoms with Gasteiger partial charge >= 0.3 is 0 Å². The van der Waals surface area contributed by atoms with Crippen LogP contribution in [0.3, 0.4) is 0 Å². The summed E-state index contributed by atoms with van der Waals surface area (Å²) in [5, 5.41) is 7.94. The van der Waals surface area contributed by atoms with Gasteiger partial charge in [0.1, 0.15) is 0 Å². The molecule has 32 heavy (non-hydrogen) atoms. The highest BCUT2D eigenvalue weighted by molar-refractivity contribution is 5.76. The molecule has 1 unspecified atom stereocenters. The number of pyridine rings is 1. The Kier molecular flexibility index (Phi) is 6.55. The zero-order valence-electron chi connectivity index (χ0n) is 19.9. The molecule has 3 aromatic rings. The molecule has 7 nitrogen and oxygen atoms in total. The maximum absolute atomic E-state index is 12.1. The zero-order valence-corrected chi connectivity index (χ0v) is 19.9. The predicted molar refractivity (Wildman–Crippen MR) is 125 cm³/mol. The fourth-order valence-electron chi connectivity index (χ4n) is 4.75. The molecule has 3 aromatic heterocycles. The van der Waals surface area contributed by atoms with Crippen LogP contribution in [0, 0.1) is 20.8 Å². The Morgan fingerprint density at radius 1 is 1.22 bits per heavy atom. The molecule has 0 saturated carbocycles. The first-order valence-electron chi connectivity index (χ1n) is 11.6. The van der Waals surface area contributed by atoms with Crippen LogP contribution in [-0.4, -0.2) is 43.0 Å². The Morgan fingerprint density at radius 2 is 2.03 bits per heavy atom. The SMILES string of the molecule is Cc1cccc(CN2CCCC2c2cc3nc(C)c(CCC(=O)NC(C)C)c(C)n3n2)n1. The molecule has 0 bridgehead atoms. The van der Waals surface area contributed by atoms with E-state index in [1.165, 1.54) is 0 Å². The molecule has 1 aliphatic rings. The average Bonchev–Trinajstić information content (AvgIpc) is 3.34. The van der Waals surface area contributed by atoms with Crippen LogP contribution < -0.4 is 5.32 Å². The fraction of sp³-hybridized carbons (Fsp3) is 0.520. The molecule has 1 fully saturated rings. The molecule has 170 valence electrons. The highest BCUT2D eigenvalue weighted by Crippen LogP contribution is 2.33. The van der Waals surface area contributed by atoms with E-state index in [0.29, 0.717) is 12.8 Å². The molecule has 0 radical (unpaired) electrons. The monoisotopic (exact) mass is 434 g/mol. The van der Waals surface area contributed by atoms with Crippen molar-refractivity contribution >= 4 is 11.6 Å². The van der Waals surface area contributed by atoms with Crippen molar-refractivity contribution in [2.24, 2.45) is 0 Å². The summed E-state index contributed by atoms with van der Waals surface area (Å²) >= 11 is 0. The first kappa shape index (κ1) is 22.4. The Bertz CT molecular complexity index is 1120. The third-order valence-electron chi connectivity index (χ3n) is 6.25. The number of fused-ring (bicyclic) bond motifs is 1. The van der Waals surface area contributed by atoms with E-state index in [-0.39, 0.29) is 18.0 Å². The van der Waals surface area contributed by atoms with Gasteiger partial charge in [-0.2, -0.15) is 5.10 Å². The van der Waals surface area contributed by atoms with Crippen molar-refractivity contribution in [3.8, 4) is 0 Å². The lowest BCUT2D eigenvalue weighted by atomic mass is 10.1. The minimum Gasteiger partial charge on any atom is -0.354 e. The van der Waals surface area contributed by atoms with Crippen LogP contribution >= 0.6 is 0 Å². The lowest BCUT2D eigenvalue weighted by Crippen LogP contribution is -2.30. The minimum absolute atomic E-state index is 0.0754. The molecular weight excluding hydrogens is 400 g/mol. The first-order valence-corrected chi connectivity index (χ1v) is 11.6. The smallest absolute Gasteiger partial charge is 0.220 e. The van der Waals surface area contributed by atoms with Gasteiger partial charge < -0.3 is 5.32 Å². The maximum Gasteiger partial charge on any atom is 0.220 e. The molecule has 4 heterocycles.